The van der Waals surface area contributed by atoms with Crippen LogP contribution in [0.3, 0.4) is 0 Å². The molecule has 2 amide bonds. The third kappa shape index (κ3) is 4.65. The molecule has 5 heteroatoms. The van der Waals surface area contributed by atoms with E-state index in [4.69, 9.17) is 0 Å². The Hall–Kier alpha value is -1.33. The molecule has 0 aromatic heterocycles. The van der Waals surface area contributed by atoms with Crippen molar-refractivity contribution in [3.63, 3.8) is 0 Å². The molecule has 0 radical (unpaired) electrons. The van der Waals surface area contributed by atoms with Crippen LogP contribution in [0.5, 0.6) is 0 Å². The van der Waals surface area contributed by atoms with E-state index >= 15 is 0 Å². The second kappa shape index (κ2) is 7.45. The van der Waals surface area contributed by atoms with E-state index in [1.807, 2.05) is 48.5 Å². The number of nitrogens with one attached hydrogen (secondary N) is 2. The van der Waals surface area contributed by atoms with Crippen molar-refractivity contribution in [1.29, 1.82) is 0 Å². The standard InChI is InChI=1S/C15H14Br2N2O/c16-12-7-5-11(6-8-12)9-10-18-15(20)19-14-4-2-1-3-13(14)17/h1-8H,9-10H2,(H2,18,19,20). The number of carbonyl (C=O) groups is 1. The summed E-state index contributed by atoms with van der Waals surface area (Å²) in [6, 6.07) is 15.4. The summed E-state index contributed by atoms with van der Waals surface area (Å²) < 4.78 is 1.92. The van der Waals surface area contributed by atoms with E-state index in [1.54, 1.807) is 0 Å². The van der Waals surface area contributed by atoms with Crippen molar-refractivity contribution < 1.29 is 4.79 Å². The lowest BCUT2D eigenvalue weighted by Crippen LogP contribution is -2.30. The van der Waals surface area contributed by atoms with Gasteiger partial charge in [0.1, 0.15) is 0 Å². The summed E-state index contributed by atoms with van der Waals surface area (Å²) in [5.41, 5.74) is 1.95. The molecular weight excluding hydrogens is 384 g/mol. The Balaban J connectivity index is 1.78. The Morgan fingerprint density at radius 1 is 1.00 bits per heavy atom. The molecule has 0 unspecified atom stereocenters. The van der Waals surface area contributed by atoms with Crippen LogP contribution in [0, 0.1) is 0 Å². The number of carbonyl (C=O) groups excluding carboxylic acids is 1. The second-order valence-electron chi connectivity index (χ2n) is 4.24. The van der Waals surface area contributed by atoms with Crippen LogP contribution in [0.25, 0.3) is 0 Å². The first kappa shape index (κ1) is 15.1. The van der Waals surface area contributed by atoms with Crippen LogP contribution in [0.1, 0.15) is 5.56 Å². The Bertz CT molecular complexity index is 585. The number of halogens is 2. The molecule has 0 heterocycles. The van der Waals surface area contributed by atoms with Crippen molar-refractivity contribution in [2.75, 3.05) is 11.9 Å². The smallest absolute Gasteiger partial charge is 0.319 e. The summed E-state index contributed by atoms with van der Waals surface area (Å²) in [7, 11) is 0. The molecule has 2 rings (SSSR count). The maximum Gasteiger partial charge on any atom is 0.319 e. The number of rotatable bonds is 4. The van der Waals surface area contributed by atoms with E-state index < -0.39 is 0 Å². The highest BCUT2D eigenvalue weighted by Crippen LogP contribution is 2.20. The van der Waals surface area contributed by atoms with Crippen molar-refractivity contribution in [3.8, 4) is 0 Å². The molecule has 0 fully saturated rings. The highest BCUT2D eigenvalue weighted by Gasteiger charge is 2.03. The van der Waals surface area contributed by atoms with E-state index in [9.17, 15) is 4.79 Å². The van der Waals surface area contributed by atoms with Crippen molar-refractivity contribution in [3.05, 3.63) is 63.0 Å². The van der Waals surface area contributed by atoms with Gasteiger partial charge in [-0.1, -0.05) is 40.2 Å². The van der Waals surface area contributed by atoms with Crippen molar-refractivity contribution in [2.24, 2.45) is 0 Å². The van der Waals surface area contributed by atoms with Crippen LogP contribution < -0.4 is 10.6 Å². The van der Waals surface area contributed by atoms with Gasteiger partial charge in [-0.15, -0.1) is 0 Å². The lowest BCUT2D eigenvalue weighted by Gasteiger charge is -2.09. The zero-order chi connectivity index (χ0) is 14.4. The maximum absolute atomic E-state index is 11.8. The van der Waals surface area contributed by atoms with E-state index in [-0.39, 0.29) is 6.03 Å². The van der Waals surface area contributed by atoms with Crippen molar-refractivity contribution in [1.82, 2.24) is 5.32 Å². The number of benzene rings is 2. The lowest BCUT2D eigenvalue weighted by molar-refractivity contribution is 0.252. The quantitative estimate of drug-likeness (QED) is 0.779. The van der Waals surface area contributed by atoms with Gasteiger partial charge in [-0.25, -0.2) is 4.79 Å². The van der Waals surface area contributed by atoms with Gasteiger partial charge >= 0.3 is 6.03 Å². The lowest BCUT2D eigenvalue weighted by atomic mass is 10.1. The van der Waals surface area contributed by atoms with Gasteiger partial charge in [0.05, 0.1) is 5.69 Å². The minimum atomic E-state index is -0.200. The number of hydrogen-bond acceptors (Lipinski definition) is 1. The summed E-state index contributed by atoms with van der Waals surface area (Å²) in [5, 5.41) is 5.64. The van der Waals surface area contributed by atoms with Gasteiger partial charge in [0.25, 0.3) is 0 Å². The molecule has 0 aliphatic heterocycles. The number of hydrogen-bond donors (Lipinski definition) is 2. The molecule has 104 valence electrons. The first-order valence-corrected chi connectivity index (χ1v) is 7.77. The predicted molar refractivity (Wildman–Crippen MR) is 89.0 cm³/mol. The number of urea groups is 1. The first-order chi connectivity index (χ1) is 9.65. The largest absolute Gasteiger partial charge is 0.338 e. The van der Waals surface area contributed by atoms with E-state index in [0.717, 1.165) is 21.1 Å². The highest BCUT2D eigenvalue weighted by molar-refractivity contribution is 9.10. The summed E-state index contributed by atoms with van der Waals surface area (Å²) in [5.74, 6) is 0. The predicted octanol–water partition coefficient (Wildman–Crippen LogP) is 4.58. The van der Waals surface area contributed by atoms with Crippen LogP contribution in [0.4, 0.5) is 10.5 Å². The Labute approximate surface area is 135 Å². The van der Waals surface area contributed by atoms with Gasteiger partial charge < -0.3 is 10.6 Å². The molecular formula is C15H14Br2N2O. The molecule has 2 N–H and O–H groups in total. The van der Waals surface area contributed by atoms with Crippen LogP contribution in [0.15, 0.2) is 57.5 Å². The summed E-state index contributed by atoms with van der Waals surface area (Å²) >= 11 is 6.79. The van der Waals surface area contributed by atoms with E-state index in [0.29, 0.717) is 6.54 Å². The number of amides is 2. The van der Waals surface area contributed by atoms with Gasteiger partial charge in [-0.05, 0) is 52.2 Å². The fraction of sp³-hybridized carbons (Fsp3) is 0.133. The van der Waals surface area contributed by atoms with Crippen LogP contribution in [-0.2, 0) is 6.42 Å². The van der Waals surface area contributed by atoms with E-state index in [2.05, 4.69) is 42.5 Å². The summed E-state index contributed by atoms with van der Waals surface area (Å²) in [6.45, 7) is 0.595. The third-order valence-electron chi connectivity index (χ3n) is 2.73. The molecule has 0 saturated heterocycles. The fourth-order valence-corrected chi connectivity index (χ4v) is 2.35. The number of anilines is 1. The average molecular weight is 398 g/mol. The second-order valence-corrected chi connectivity index (χ2v) is 6.01. The average Bonchev–Trinajstić information content (AvgIpc) is 2.44. The van der Waals surface area contributed by atoms with Gasteiger partial charge in [0, 0.05) is 15.5 Å². The molecule has 0 aliphatic carbocycles. The third-order valence-corrected chi connectivity index (χ3v) is 3.95. The van der Waals surface area contributed by atoms with Gasteiger partial charge in [-0.2, -0.15) is 0 Å². The fourth-order valence-electron chi connectivity index (χ4n) is 1.70. The summed E-state index contributed by atoms with van der Waals surface area (Å²) in [6.07, 6.45) is 0.802. The van der Waals surface area contributed by atoms with Gasteiger partial charge in [-0.3, -0.25) is 0 Å². The first-order valence-electron chi connectivity index (χ1n) is 6.19. The monoisotopic (exact) mass is 396 g/mol. The molecule has 20 heavy (non-hydrogen) atoms. The molecule has 0 spiro atoms. The van der Waals surface area contributed by atoms with Crippen molar-refractivity contribution in [2.45, 2.75) is 6.42 Å². The molecule has 2 aromatic rings. The maximum atomic E-state index is 11.8. The SMILES string of the molecule is O=C(NCCc1ccc(Br)cc1)Nc1ccccc1Br. The highest BCUT2D eigenvalue weighted by atomic mass is 79.9. The minimum absolute atomic E-state index is 0.200. The van der Waals surface area contributed by atoms with Gasteiger partial charge in [0.15, 0.2) is 0 Å². The summed E-state index contributed by atoms with van der Waals surface area (Å²) in [4.78, 5) is 11.8. The Kier molecular flexibility index (Phi) is 5.61. The molecule has 0 saturated carbocycles. The van der Waals surface area contributed by atoms with E-state index in [1.165, 1.54) is 5.56 Å². The van der Waals surface area contributed by atoms with Crippen molar-refractivity contribution >= 4 is 43.6 Å². The van der Waals surface area contributed by atoms with Gasteiger partial charge in [0.2, 0.25) is 0 Å². The zero-order valence-electron chi connectivity index (χ0n) is 10.7. The Morgan fingerprint density at radius 2 is 1.70 bits per heavy atom. The topological polar surface area (TPSA) is 41.1 Å². The zero-order valence-corrected chi connectivity index (χ0v) is 13.9. The molecule has 2 aromatic carbocycles. The number of para-hydroxylation sites is 1. The minimum Gasteiger partial charge on any atom is -0.338 e. The molecule has 0 bridgehead atoms. The van der Waals surface area contributed by atoms with Crippen LogP contribution in [-0.4, -0.2) is 12.6 Å². The molecule has 0 aliphatic rings. The van der Waals surface area contributed by atoms with Crippen LogP contribution in [0.2, 0.25) is 0 Å². The molecule has 0 atom stereocenters. The van der Waals surface area contributed by atoms with Crippen LogP contribution >= 0.6 is 31.9 Å². The Morgan fingerprint density at radius 3 is 2.40 bits per heavy atom. The molecule has 3 nitrogen and oxygen atoms in total. The normalized spacial score (nSPS) is 10.1.